The van der Waals surface area contributed by atoms with E-state index >= 15 is 0 Å². The topological polar surface area (TPSA) is 42.2 Å². The quantitative estimate of drug-likeness (QED) is 0.912. The predicted octanol–water partition coefficient (Wildman–Crippen LogP) is 2.73. The van der Waals surface area contributed by atoms with Gasteiger partial charge in [0.25, 0.3) is 0 Å². The number of nitrogens with zero attached hydrogens (tertiary/aromatic N) is 2. The molecule has 2 rings (SSSR count). The van der Waals surface area contributed by atoms with E-state index in [1.54, 1.807) is 11.3 Å². The zero-order chi connectivity index (χ0) is 13.2. The maximum Gasteiger partial charge on any atom is 0.0795 e. The first kappa shape index (κ1) is 14.0. The standard InChI is InChI=1S/C14H25N3S/c1-14(2)5-4-13(15)11(6-14)7-17(3)8-12-9-18-10-16-12/h9-11,13H,4-8,15H2,1-3H3. The van der Waals surface area contributed by atoms with E-state index in [0.29, 0.717) is 17.4 Å². The monoisotopic (exact) mass is 267 g/mol. The van der Waals surface area contributed by atoms with Gasteiger partial charge in [-0.05, 0) is 37.6 Å². The van der Waals surface area contributed by atoms with Crippen molar-refractivity contribution in [3.05, 3.63) is 16.6 Å². The van der Waals surface area contributed by atoms with Gasteiger partial charge in [-0.2, -0.15) is 0 Å². The van der Waals surface area contributed by atoms with Gasteiger partial charge in [0.1, 0.15) is 0 Å². The summed E-state index contributed by atoms with van der Waals surface area (Å²) in [5.74, 6) is 0.623. The van der Waals surface area contributed by atoms with Crippen molar-refractivity contribution in [3.8, 4) is 0 Å². The van der Waals surface area contributed by atoms with Gasteiger partial charge in [-0.25, -0.2) is 4.98 Å². The Kier molecular flexibility index (Phi) is 4.41. The lowest BCUT2D eigenvalue weighted by molar-refractivity contribution is 0.122. The summed E-state index contributed by atoms with van der Waals surface area (Å²) in [6.45, 7) is 6.76. The number of hydrogen-bond acceptors (Lipinski definition) is 4. The first-order valence-electron chi connectivity index (χ1n) is 6.77. The van der Waals surface area contributed by atoms with Gasteiger partial charge < -0.3 is 10.6 Å². The second-order valence-electron chi connectivity index (χ2n) is 6.51. The van der Waals surface area contributed by atoms with Gasteiger partial charge in [0.15, 0.2) is 0 Å². The van der Waals surface area contributed by atoms with Crippen LogP contribution in [0.3, 0.4) is 0 Å². The summed E-state index contributed by atoms with van der Waals surface area (Å²) in [7, 11) is 2.17. The first-order chi connectivity index (χ1) is 8.46. The van der Waals surface area contributed by atoms with Gasteiger partial charge in [0.05, 0.1) is 11.2 Å². The summed E-state index contributed by atoms with van der Waals surface area (Å²) in [6.07, 6.45) is 3.68. The van der Waals surface area contributed by atoms with Crippen molar-refractivity contribution >= 4 is 11.3 Å². The molecule has 1 saturated carbocycles. The molecular weight excluding hydrogens is 242 g/mol. The van der Waals surface area contributed by atoms with Crippen LogP contribution in [0, 0.1) is 11.3 Å². The van der Waals surface area contributed by atoms with Crippen LogP contribution in [0.2, 0.25) is 0 Å². The summed E-state index contributed by atoms with van der Waals surface area (Å²) < 4.78 is 0. The second kappa shape index (κ2) is 5.68. The predicted molar refractivity (Wildman–Crippen MR) is 77.5 cm³/mol. The molecule has 102 valence electrons. The summed E-state index contributed by atoms with van der Waals surface area (Å²) >= 11 is 1.67. The molecule has 4 heteroatoms. The second-order valence-corrected chi connectivity index (χ2v) is 7.23. The number of hydrogen-bond donors (Lipinski definition) is 1. The molecule has 1 fully saturated rings. The maximum atomic E-state index is 6.28. The molecule has 2 N–H and O–H groups in total. The van der Waals surface area contributed by atoms with Gasteiger partial charge in [-0.15, -0.1) is 11.3 Å². The molecule has 0 aliphatic heterocycles. The van der Waals surface area contributed by atoms with Crippen molar-refractivity contribution in [1.82, 2.24) is 9.88 Å². The molecule has 1 aliphatic carbocycles. The Bertz CT molecular complexity index is 361. The number of nitrogens with two attached hydrogens (primary N) is 1. The number of aromatic nitrogens is 1. The third-order valence-corrected chi connectivity index (χ3v) is 4.67. The van der Waals surface area contributed by atoms with E-state index in [1.165, 1.54) is 25.0 Å². The lowest BCUT2D eigenvalue weighted by Crippen LogP contribution is -2.44. The zero-order valence-corrected chi connectivity index (χ0v) is 12.5. The third kappa shape index (κ3) is 3.77. The van der Waals surface area contributed by atoms with Crippen molar-refractivity contribution in [1.29, 1.82) is 0 Å². The van der Waals surface area contributed by atoms with Crippen LogP contribution in [0.1, 0.15) is 38.8 Å². The smallest absolute Gasteiger partial charge is 0.0795 e. The lowest BCUT2D eigenvalue weighted by atomic mass is 9.70. The highest BCUT2D eigenvalue weighted by atomic mass is 32.1. The van der Waals surface area contributed by atoms with Crippen LogP contribution in [0.15, 0.2) is 10.9 Å². The molecule has 3 nitrogen and oxygen atoms in total. The van der Waals surface area contributed by atoms with E-state index in [9.17, 15) is 0 Å². The van der Waals surface area contributed by atoms with Gasteiger partial charge in [-0.1, -0.05) is 13.8 Å². The highest BCUT2D eigenvalue weighted by Crippen LogP contribution is 2.38. The van der Waals surface area contributed by atoms with Crippen LogP contribution >= 0.6 is 11.3 Å². The largest absolute Gasteiger partial charge is 0.327 e. The minimum absolute atomic E-state index is 0.371. The summed E-state index contributed by atoms with van der Waals surface area (Å²) in [5.41, 5.74) is 9.82. The molecule has 2 atom stereocenters. The summed E-state index contributed by atoms with van der Waals surface area (Å²) in [6, 6.07) is 0.371. The molecule has 0 bridgehead atoms. The maximum absolute atomic E-state index is 6.28. The average molecular weight is 267 g/mol. The molecule has 2 unspecified atom stereocenters. The zero-order valence-electron chi connectivity index (χ0n) is 11.7. The minimum atomic E-state index is 0.371. The molecular formula is C14H25N3S. The molecule has 0 radical (unpaired) electrons. The van der Waals surface area contributed by atoms with E-state index in [1.807, 2.05) is 5.51 Å². The lowest BCUT2D eigenvalue weighted by Gasteiger charge is -2.40. The van der Waals surface area contributed by atoms with E-state index in [2.05, 4.69) is 36.2 Å². The number of rotatable bonds is 4. The van der Waals surface area contributed by atoms with Crippen molar-refractivity contribution in [2.24, 2.45) is 17.1 Å². The van der Waals surface area contributed by atoms with Crippen LogP contribution < -0.4 is 5.73 Å². The molecule has 1 heterocycles. The molecule has 1 aromatic heterocycles. The van der Waals surface area contributed by atoms with Crippen molar-refractivity contribution in [2.75, 3.05) is 13.6 Å². The summed E-state index contributed by atoms with van der Waals surface area (Å²) in [4.78, 5) is 6.70. The Morgan fingerprint density at radius 1 is 1.56 bits per heavy atom. The van der Waals surface area contributed by atoms with Gasteiger partial charge >= 0.3 is 0 Å². The molecule has 0 amide bonds. The molecule has 0 spiro atoms. The molecule has 0 saturated heterocycles. The Labute approximate surface area is 114 Å². The van der Waals surface area contributed by atoms with Gasteiger partial charge in [0.2, 0.25) is 0 Å². The van der Waals surface area contributed by atoms with Crippen LogP contribution in [0.4, 0.5) is 0 Å². The van der Waals surface area contributed by atoms with Gasteiger partial charge in [-0.3, -0.25) is 0 Å². The fourth-order valence-electron chi connectivity index (χ4n) is 3.01. The Hall–Kier alpha value is -0.450. The number of thiazole rings is 1. The molecule has 0 aromatic carbocycles. The van der Waals surface area contributed by atoms with Crippen LogP contribution in [0.25, 0.3) is 0 Å². The average Bonchev–Trinajstić information content (AvgIpc) is 2.76. The Morgan fingerprint density at radius 2 is 2.33 bits per heavy atom. The Balaban J connectivity index is 1.87. The van der Waals surface area contributed by atoms with E-state index in [4.69, 9.17) is 5.73 Å². The van der Waals surface area contributed by atoms with Crippen LogP contribution in [-0.4, -0.2) is 29.5 Å². The highest BCUT2D eigenvalue weighted by Gasteiger charge is 2.33. The SMILES string of the molecule is CN(Cc1cscn1)CC1CC(C)(C)CCC1N. The van der Waals surface area contributed by atoms with Crippen LogP contribution in [0.5, 0.6) is 0 Å². The van der Waals surface area contributed by atoms with Crippen molar-refractivity contribution in [3.63, 3.8) is 0 Å². The minimum Gasteiger partial charge on any atom is -0.327 e. The third-order valence-electron chi connectivity index (χ3n) is 4.04. The fraction of sp³-hybridized carbons (Fsp3) is 0.786. The van der Waals surface area contributed by atoms with Crippen molar-refractivity contribution in [2.45, 2.75) is 45.7 Å². The van der Waals surface area contributed by atoms with E-state index in [0.717, 1.165) is 13.1 Å². The first-order valence-corrected chi connectivity index (χ1v) is 7.72. The Morgan fingerprint density at radius 3 is 3.00 bits per heavy atom. The molecule has 1 aliphatic rings. The molecule has 18 heavy (non-hydrogen) atoms. The van der Waals surface area contributed by atoms with Crippen molar-refractivity contribution < 1.29 is 0 Å². The fourth-order valence-corrected chi connectivity index (χ4v) is 3.56. The summed E-state index contributed by atoms with van der Waals surface area (Å²) in [5, 5.41) is 2.13. The normalized spacial score (nSPS) is 27.6. The van der Waals surface area contributed by atoms with Crippen LogP contribution in [-0.2, 0) is 6.54 Å². The highest BCUT2D eigenvalue weighted by molar-refractivity contribution is 7.07. The van der Waals surface area contributed by atoms with Gasteiger partial charge in [0, 0.05) is 24.5 Å². The van der Waals surface area contributed by atoms with E-state index in [-0.39, 0.29) is 0 Å². The molecule has 1 aromatic rings. The van der Waals surface area contributed by atoms with E-state index < -0.39 is 0 Å².